The van der Waals surface area contributed by atoms with Crippen molar-refractivity contribution in [2.75, 3.05) is 0 Å². The first-order chi connectivity index (χ1) is 8.97. The molecule has 1 fully saturated rings. The first-order valence-corrected chi connectivity index (χ1v) is 6.37. The number of hydrogen-bond acceptors (Lipinski definition) is 4. The second kappa shape index (κ2) is 5.44. The molecule has 0 bridgehead atoms. The fourth-order valence-corrected chi connectivity index (χ4v) is 2.03. The zero-order valence-corrected chi connectivity index (χ0v) is 11.0. The molecule has 2 amide bonds. The van der Waals surface area contributed by atoms with E-state index in [4.69, 9.17) is 15.9 Å². The van der Waals surface area contributed by atoms with Crippen molar-refractivity contribution in [1.82, 2.24) is 4.90 Å². The van der Waals surface area contributed by atoms with Gasteiger partial charge in [0.2, 0.25) is 11.8 Å². The van der Waals surface area contributed by atoms with Gasteiger partial charge in [0.25, 0.3) is 0 Å². The van der Waals surface area contributed by atoms with Gasteiger partial charge >= 0.3 is 0 Å². The average Bonchev–Trinajstić information content (AvgIpc) is 3.08. The average molecular weight is 265 g/mol. The van der Waals surface area contributed by atoms with Gasteiger partial charge in [0.05, 0.1) is 19.0 Å². The Morgan fingerprint density at radius 3 is 2.63 bits per heavy atom. The number of aryl methyl sites for hydroxylation is 1. The molecule has 6 nitrogen and oxygen atoms in total. The van der Waals surface area contributed by atoms with Crippen LogP contribution in [0.1, 0.15) is 30.8 Å². The van der Waals surface area contributed by atoms with Crippen molar-refractivity contribution in [3.63, 3.8) is 0 Å². The van der Waals surface area contributed by atoms with Gasteiger partial charge in [-0.15, -0.1) is 0 Å². The molecule has 0 aliphatic heterocycles. The zero-order valence-electron chi connectivity index (χ0n) is 11.0. The second-order valence-electron chi connectivity index (χ2n) is 4.99. The summed E-state index contributed by atoms with van der Waals surface area (Å²) < 4.78 is 5.48. The zero-order chi connectivity index (χ0) is 14.0. The first-order valence-electron chi connectivity index (χ1n) is 6.37. The van der Waals surface area contributed by atoms with E-state index in [2.05, 4.69) is 0 Å². The van der Waals surface area contributed by atoms with Gasteiger partial charge in [-0.2, -0.15) is 0 Å². The summed E-state index contributed by atoms with van der Waals surface area (Å²) in [6.45, 7) is 2.25. The fraction of sp³-hybridized carbons (Fsp3) is 0.538. The lowest BCUT2D eigenvalue weighted by Gasteiger charge is -2.24. The highest BCUT2D eigenvalue weighted by atomic mass is 16.3. The monoisotopic (exact) mass is 265 g/mol. The molecule has 1 aliphatic rings. The maximum Gasteiger partial charge on any atom is 0.240 e. The molecule has 1 aromatic rings. The van der Waals surface area contributed by atoms with Crippen LogP contribution >= 0.6 is 0 Å². The second-order valence-corrected chi connectivity index (χ2v) is 4.99. The summed E-state index contributed by atoms with van der Waals surface area (Å²) in [6.07, 6.45) is 1.81. The highest BCUT2D eigenvalue weighted by Crippen LogP contribution is 2.29. The van der Waals surface area contributed by atoms with Crippen LogP contribution in [0.4, 0.5) is 0 Å². The molecule has 1 aliphatic carbocycles. The van der Waals surface area contributed by atoms with Crippen molar-refractivity contribution in [1.29, 1.82) is 0 Å². The third-order valence-electron chi connectivity index (χ3n) is 3.13. The van der Waals surface area contributed by atoms with Crippen LogP contribution in [0, 0.1) is 6.92 Å². The van der Waals surface area contributed by atoms with Crippen molar-refractivity contribution in [2.45, 2.75) is 44.8 Å². The van der Waals surface area contributed by atoms with Gasteiger partial charge < -0.3 is 20.8 Å². The lowest BCUT2D eigenvalue weighted by atomic mass is 10.2. The molecule has 104 valence electrons. The topological polar surface area (TPSA) is 103 Å². The van der Waals surface area contributed by atoms with Crippen LogP contribution in [0.2, 0.25) is 0 Å². The van der Waals surface area contributed by atoms with Crippen molar-refractivity contribution < 1.29 is 14.0 Å². The summed E-state index contributed by atoms with van der Waals surface area (Å²) in [5, 5.41) is 0. The summed E-state index contributed by atoms with van der Waals surface area (Å²) in [5.74, 6) is 0.726. The van der Waals surface area contributed by atoms with E-state index in [1.807, 2.05) is 19.1 Å². The lowest BCUT2D eigenvalue weighted by Crippen LogP contribution is -2.46. The lowest BCUT2D eigenvalue weighted by molar-refractivity contribution is -0.136. The Balaban J connectivity index is 2.03. The molecule has 2 rings (SSSR count). The van der Waals surface area contributed by atoms with E-state index in [-0.39, 0.29) is 18.4 Å². The number of nitrogens with two attached hydrogens (primary N) is 2. The Kier molecular flexibility index (Phi) is 3.90. The van der Waals surface area contributed by atoms with E-state index in [0.29, 0.717) is 6.54 Å². The van der Waals surface area contributed by atoms with Gasteiger partial charge in [0.1, 0.15) is 11.5 Å². The largest absolute Gasteiger partial charge is 0.464 e. The summed E-state index contributed by atoms with van der Waals surface area (Å²) in [5.41, 5.74) is 10.8. The number of rotatable bonds is 6. The molecule has 0 spiro atoms. The Hall–Kier alpha value is -1.82. The summed E-state index contributed by atoms with van der Waals surface area (Å²) in [4.78, 5) is 24.7. The number of carbonyl (C=O) groups excluding carboxylic acids is 2. The number of furan rings is 1. The van der Waals surface area contributed by atoms with Gasteiger partial charge in [-0.05, 0) is 31.9 Å². The van der Waals surface area contributed by atoms with Crippen molar-refractivity contribution >= 4 is 11.8 Å². The van der Waals surface area contributed by atoms with Crippen molar-refractivity contribution in [3.05, 3.63) is 23.7 Å². The number of nitrogens with zero attached hydrogens (tertiary/aromatic N) is 1. The van der Waals surface area contributed by atoms with Crippen molar-refractivity contribution in [2.24, 2.45) is 11.5 Å². The Bertz CT molecular complexity index is 479. The summed E-state index contributed by atoms with van der Waals surface area (Å²) >= 11 is 0. The smallest absolute Gasteiger partial charge is 0.240 e. The highest BCUT2D eigenvalue weighted by molar-refractivity contribution is 5.87. The van der Waals surface area contributed by atoms with Crippen LogP contribution in [-0.2, 0) is 16.1 Å². The molecule has 6 heteroatoms. The molecule has 19 heavy (non-hydrogen) atoms. The SMILES string of the molecule is Cc1ccc(CN(C(=O)C(N)CC(N)=O)C2CC2)o1. The molecule has 0 saturated heterocycles. The van der Waals surface area contributed by atoms with Crippen molar-refractivity contribution in [3.8, 4) is 0 Å². The number of primary amides is 1. The van der Waals surface area contributed by atoms with Crippen LogP contribution in [-0.4, -0.2) is 28.8 Å². The predicted octanol–water partition coefficient (Wildman–Crippen LogP) is 0.282. The van der Waals surface area contributed by atoms with Crippen LogP contribution in [0.15, 0.2) is 16.5 Å². The maximum atomic E-state index is 12.2. The standard InChI is InChI=1S/C13H19N3O3/c1-8-2-5-10(19-8)7-16(9-3-4-9)13(18)11(14)6-12(15)17/h2,5,9,11H,3-4,6-7,14H2,1H3,(H2,15,17). The Morgan fingerprint density at radius 1 is 1.47 bits per heavy atom. The number of hydrogen-bond donors (Lipinski definition) is 2. The third kappa shape index (κ3) is 3.57. The minimum absolute atomic E-state index is 0.126. The van der Waals surface area contributed by atoms with Crippen LogP contribution < -0.4 is 11.5 Å². The maximum absolute atomic E-state index is 12.2. The molecule has 4 N–H and O–H groups in total. The highest BCUT2D eigenvalue weighted by Gasteiger charge is 2.35. The molecule has 1 heterocycles. The molecule has 0 aromatic carbocycles. The normalized spacial score (nSPS) is 16.1. The molecule has 1 aromatic heterocycles. The Morgan fingerprint density at radius 2 is 2.16 bits per heavy atom. The van der Waals surface area contributed by atoms with Gasteiger partial charge in [-0.1, -0.05) is 0 Å². The molecule has 0 radical (unpaired) electrons. The van der Waals surface area contributed by atoms with Gasteiger partial charge in [-0.3, -0.25) is 9.59 Å². The minimum atomic E-state index is -0.867. The Labute approximate surface area is 111 Å². The molecule has 1 saturated carbocycles. The summed E-state index contributed by atoms with van der Waals surface area (Å²) in [7, 11) is 0. The molecule has 1 unspecified atom stereocenters. The van der Waals surface area contributed by atoms with E-state index in [9.17, 15) is 9.59 Å². The first kappa shape index (κ1) is 13.6. The van der Waals surface area contributed by atoms with E-state index in [1.54, 1.807) is 4.90 Å². The van der Waals surface area contributed by atoms with Crippen LogP contribution in [0.3, 0.4) is 0 Å². The van der Waals surface area contributed by atoms with Crippen LogP contribution in [0.25, 0.3) is 0 Å². The van der Waals surface area contributed by atoms with E-state index in [0.717, 1.165) is 24.4 Å². The molecular formula is C13H19N3O3. The number of carbonyl (C=O) groups is 2. The van der Waals surface area contributed by atoms with E-state index in [1.165, 1.54) is 0 Å². The molecular weight excluding hydrogens is 246 g/mol. The summed E-state index contributed by atoms with van der Waals surface area (Å²) in [6, 6.07) is 3.04. The van der Waals surface area contributed by atoms with Gasteiger partial charge in [-0.25, -0.2) is 0 Å². The predicted molar refractivity (Wildman–Crippen MR) is 68.8 cm³/mol. The van der Waals surface area contributed by atoms with E-state index >= 15 is 0 Å². The molecule has 1 atom stereocenters. The van der Waals surface area contributed by atoms with Gasteiger partial charge in [0, 0.05) is 6.04 Å². The quantitative estimate of drug-likeness (QED) is 0.771. The third-order valence-corrected chi connectivity index (χ3v) is 3.13. The van der Waals surface area contributed by atoms with Gasteiger partial charge in [0.15, 0.2) is 0 Å². The fourth-order valence-electron chi connectivity index (χ4n) is 2.03. The van der Waals surface area contributed by atoms with E-state index < -0.39 is 11.9 Å². The van der Waals surface area contributed by atoms with Crippen LogP contribution in [0.5, 0.6) is 0 Å². The number of amides is 2. The minimum Gasteiger partial charge on any atom is -0.464 e.